The molecular formula is C28H16Br2N2O. The van der Waals surface area contributed by atoms with Crippen molar-refractivity contribution >= 4 is 53.8 Å². The highest BCUT2D eigenvalue weighted by Crippen LogP contribution is 2.34. The monoisotopic (exact) mass is 554 g/mol. The summed E-state index contributed by atoms with van der Waals surface area (Å²) in [5.74, 6) is 0.691. The largest absolute Gasteiger partial charge is 0.456 e. The van der Waals surface area contributed by atoms with E-state index in [0.29, 0.717) is 5.82 Å². The highest BCUT2D eigenvalue weighted by Gasteiger charge is 2.13. The molecule has 6 aromatic rings. The molecule has 0 N–H and O–H groups in total. The van der Waals surface area contributed by atoms with Crippen molar-refractivity contribution in [2.45, 2.75) is 0 Å². The zero-order valence-corrected chi connectivity index (χ0v) is 20.5. The highest BCUT2D eigenvalue weighted by molar-refractivity contribution is 9.11. The Morgan fingerprint density at radius 2 is 1.18 bits per heavy atom. The lowest BCUT2D eigenvalue weighted by atomic mass is 10.0. The van der Waals surface area contributed by atoms with Gasteiger partial charge in [0, 0.05) is 36.4 Å². The number of halogens is 2. The first-order valence-electron chi connectivity index (χ1n) is 10.5. The zero-order chi connectivity index (χ0) is 22.4. The maximum atomic E-state index is 6.01. The fraction of sp³-hybridized carbons (Fsp3) is 0. The van der Waals surface area contributed by atoms with Crippen LogP contribution < -0.4 is 0 Å². The summed E-state index contributed by atoms with van der Waals surface area (Å²) in [6.07, 6.45) is 0. The predicted molar refractivity (Wildman–Crippen MR) is 141 cm³/mol. The molecule has 0 saturated carbocycles. The summed E-state index contributed by atoms with van der Waals surface area (Å²) in [6, 6.07) is 32.6. The molecule has 0 saturated heterocycles. The Bertz CT molecular complexity index is 1620. The number of aromatic nitrogens is 2. The van der Waals surface area contributed by atoms with Crippen LogP contribution in [0.25, 0.3) is 55.8 Å². The third-order valence-corrected chi connectivity index (χ3v) is 6.50. The molecule has 0 fully saturated rings. The average Bonchev–Trinajstić information content (AvgIpc) is 3.22. The third-order valence-electron chi connectivity index (χ3n) is 5.59. The summed E-state index contributed by atoms with van der Waals surface area (Å²) in [5, 5.41) is 2.18. The lowest BCUT2D eigenvalue weighted by Crippen LogP contribution is -1.96. The van der Waals surface area contributed by atoms with E-state index < -0.39 is 0 Å². The summed E-state index contributed by atoms with van der Waals surface area (Å²) in [5.41, 5.74) is 6.48. The summed E-state index contributed by atoms with van der Waals surface area (Å²) in [6.45, 7) is 0. The molecule has 0 radical (unpaired) electrons. The van der Waals surface area contributed by atoms with Gasteiger partial charge in [-0.2, -0.15) is 0 Å². The molecule has 33 heavy (non-hydrogen) atoms. The second-order valence-corrected chi connectivity index (χ2v) is 9.63. The van der Waals surface area contributed by atoms with Crippen molar-refractivity contribution in [1.82, 2.24) is 9.97 Å². The lowest BCUT2D eigenvalue weighted by molar-refractivity contribution is 0.669. The first-order valence-corrected chi connectivity index (χ1v) is 12.1. The number of nitrogens with zero attached hydrogens (tertiary/aromatic N) is 2. The Morgan fingerprint density at radius 3 is 1.97 bits per heavy atom. The molecule has 0 aliphatic rings. The molecular weight excluding hydrogens is 540 g/mol. The summed E-state index contributed by atoms with van der Waals surface area (Å²) < 4.78 is 7.98. The molecule has 158 valence electrons. The van der Waals surface area contributed by atoms with Crippen molar-refractivity contribution in [1.29, 1.82) is 0 Å². The Hall–Kier alpha value is -3.28. The summed E-state index contributed by atoms with van der Waals surface area (Å²) in [7, 11) is 0. The topological polar surface area (TPSA) is 38.9 Å². The van der Waals surface area contributed by atoms with Crippen LogP contribution in [0.4, 0.5) is 0 Å². The van der Waals surface area contributed by atoms with Gasteiger partial charge in [0.25, 0.3) is 0 Å². The van der Waals surface area contributed by atoms with Crippen molar-refractivity contribution in [2.24, 2.45) is 0 Å². The molecule has 0 atom stereocenters. The lowest BCUT2D eigenvalue weighted by Gasteiger charge is -2.10. The Balaban J connectivity index is 1.58. The van der Waals surface area contributed by atoms with E-state index in [2.05, 4.69) is 62.2 Å². The minimum absolute atomic E-state index is 0.691. The number of furan rings is 1. The number of rotatable bonds is 3. The van der Waals surface area contributed by atoms with Gasteiger partial charge in [-0.1, -0.05) is 80.4 Å². The van der Waals surface area contributed by atoms with Crippen LogP contribution in [0.5, 0.6) is 0 Å². The fourth-order valence-corrected chi connectivity index (χ4v) is 5.34. The predicted octanol–water partition coefficient (Wildman–Crippen LogP) is 8.90. The number of hydrogen-bond acceptors (Lipinski definition) is 3. The molecule has 0 aliphatic heterocycles. The van der Waals surface area contributed by atoms with E-state index in [9.17, 15) is 0 Å². The molecule has 4 aromatic carbocycles. The van der Waals surface area contributed by atoms with Gasteiger partial charge in [0.05, 0.1) is 11.4 Å². The van der Waals surface area contributed by atoms with Gasteiger partial charge in [-0.05, 0) is 48.5 Å². The van der Waals surface area contributed by atoms with Crippen LogP contribution in [0.3, 0.4) is 0 Å². The maximum absolute atomic E-state index is 6.01. The van der Waals surface area contributed by atoms with Gasteiger partial charge in [0.15, 0.2) is 5.82 Å². The molecule has 0 spiro atoms. The van der Waals surface area contributed by atoms with Crippen molar-refractivity contribution < 1.29 is 4.42 Å². The van der Waals surface area contributed by atoms with E-state index >= 15 is 0 Å². The van der Waals surface area contributed by atoms with Gasteiger partial charge >= 0.3 is 0 Å². The summed E-state index contributed by atoms with van der Waals surface area (Å²) >= 11 is 7.20. The van der Waals surface area contributed by atoms with Crippen LogP contribution in [0, 0.1) is 0 Å². The number of para-hydroxylation sites is 1. The Labute approximate surface area is 207 Å². The van der Waals surface area contributed by atoms with Crippen LogP contribution in [0.2, 0.25) is 0 Å². The number of hydrogen-bond donors (Lipinski definition) is 0. The van der Waals surface area contributed by atoms with Gasteiger partial charge in [0.2, 0.25) is 0 Å². The van der Waals surface area contributed by atoms with Crippen molar-refractivity contribution in [3.05, 3.63) is 106 Å². The first kappa shape index (κ1) is 20.3. The van der Waals surface area contributed by atoms with E-state index in [4.69, 9.17) is 14.4 Å². The molecule has 2 heterocycles. The van der Waals surface area contributed by atoms with E-state index in [1.807, 2.05) is 66.7 Å². The second-order valence-electron chi connectivity index (χ2n) is 7.80. The Morgan fingerprint density at radius 1 is 0.515 bits per heavy atom. The molecule has 5 heteroatoms. The van der Waals surface area contributed by atoms with Crippen LogP contribution in [-0.2, 0) is 0 Å². The molecule has 3 nitrogen and oxygen atoms in total. The number of benzene rings is 4. The van der Waals surface area contributed by atoms with Crippen molar-refractivity contribution in [2.75, 3.05) is 0 Å². The van der Waals surface area contributed by atoms with Crippen molar-refractivity contribution in [3.8, 4) is 33.9 Å². The molecule has 0 bridgehead atoms. The van der Waals surface area contributed by atoms with E-state index in [-0.39, 0.29) is 0 Å². The molecule has 2 aromatic heterocycles. The maximum Gasteiger partial charge on any atom is 0.160 e. The van der Waals surface area contributed by atoms with Crippen LogP contribution in [-0.4, -0.2) is 9.97 Å². The second kappa shape index (κ2) is 8.25. The van der Waals surface area contributed by atoms with Gasteiger partial charge in [0.1, 0.15) is 11.2 Å². The van der Waals surface area contributed by atoms with Gasteiger partial charge in [-0.15, -0.1) is 0 Å². The van der Waals surface area contributed by atoms with E-state index in [1.165, 1.54) is 0 Å². The van der Waals surface area contributed by atoms with Crippen LogP contribution in [0.15, 0.2) is 110 Å². The van der Waals surface area contributed by atoms with E-state index in [1.54, 1.807) is 0 Å². The first-order chi connectivity index (χ1) is 16.1. The quantitative estimate of drug-likeness (QED) is 0.219. The van der Waals surface area contributed by atoms with Crippen LogP contribution >= 0.6 is 31.9 Å². The molecule has 0 aliphatic carbocycles. The van der Waals surface area contributed by atoms with Gasteiger partial charge in [-0.25, -0.2) is 9.97 Å². The standard InChI is InChI=1S/C28H16Br2N2O/c29-20-12-19(13-21(30)15-20)25-16-24(31-28(32-25)17-6-2-1-3-7-17)18-10-11-27-23(14-18)22-8-4-5-9-26(22)33-27/h1-16H. The van der Waals surface area contributed by atoms with Crippen LogP contribution in [0.1, 0.15) is 0 Å². The minimum atomic E-state index is 0.691. The van der Waals surface area contributed by atoms with Crippen molar-refractivity contribution in [3.63, 3.8) is 0 Å². The highest BCUT2D eigenvalue weighted by atomic mass is 79.9. The minimum Gasteiger partial charge on any atom is -0.456 e. The van der Waals surface area contributed by atoms with Gasteiger partial charge in [-0.3, -0.25) is 0 Å². The SMILES string of the molecule is Brc1cc(Br)cc(-c2cc(-c3ccc4oc5ccccc5c4c3)nc(-c3ccccc3)n2)c1. The average molecular weight is 556 g/mol. The van der Waals surface area contributed by atoms with E-state index in [0.717, 1.165) is 59.0 Å². The smallest absolute Gasteiger partial charge is 0.160 e. The molecule has 0 unspecified atom stereocenters. The number of fused-ring (bicyclic) bond motifs is 3. The third kappa shape index (κ3) is 3.88. The fourth-order valence-electron chi connectivity index (χ4n) is 4.05. The molecule has 0 amide bonds. The zero-order valence-electron chi connectivity index (χ0n) is 17.3. The Kier molecular flexibility index (Phi) is 5.08. The van der Waals surface area contributed by atoms with Gasteiger partial charge < -0.3 is 4.42 Å². The summed E-state index contributed by atoms with van der Waals surface area (Å²) in [4.78, 5) is 9.86. The molecule has 6 rings (SSSR count). The normalized spacial score (nSPS) is 11.3.